The van der Waals surface area contributed by atoms with Crippen LogP contribution in [0, 0.1) is 17.8 Å². The molecule has 26 heavy (non-hydrogen) atoms. The number of benzene rings is 1. The van der Waals surface area contributed by atoms with Crippen molar-refractivity contribution in [2.75, 3.05) is 20.2 Å². The fraction of sp³-hybridized carbons (Fsp3) is 0.600. The van der Waals surface area contributed by atoms with Gasteiger partial charge in [-0.3, -0.25) is 9.59 Å². The molecule has 2 aliphatic rings. The summed E-state index contributed by atoms with van der Waals surface area (Å²) in [5, 5.41) is 5.79. The quantitative estimate of drug-likeness (QED) is 0.674. The van der Waals surface area contributed by atoms with Gasteiger partial charge in [-0.15, -0.1) is 0 Å². The van der Waals surface area contributed by atoms with E-state index < -0.39 is 0 Å². The number of carbonyl (C=O) groups excluding carboxylic acids is 2. The number of methoxy groups -OCH3 is 1. The topological polar surface area (TPSA) is 93.5 Å². The Morgan fingerprint density at radius 2 is 1.85 bits per heavy atom. The Balaban J connectivity index is 1.40. The molecule has 0 aromatic heterocycles. The first kappa shape index (κ1) is 18.7. The van der Waals surface area contributed by atoms with Crippen LogP contribution in [0.25, 0.3) is 0 Å². The Hall–Kier alpha value is -2.08. The molecule has 142 valence electrons. The van der Waals surface area contributed by atoms with E-state index in [1.807, 2.05) is 0 Å². The fourth-order valence-corrected chi connectivity index (χ4v) is 4.38. The molecule has 1 aromatic rings. The number of amides is 2. The number of hydrogen-bond donors (Lipinski definition) is 3. The van der Waals surface area contributed by atoms with Crippen molar-refractivity contribution in [1.29, 1.82) is 0 Å². The molecule has 6 nitrogen and oxygen atoms in total. The van der Waals surface area contributed by atoms with Crippen LogP contribution in [0.5, 0.6) is 5.75 Å². The summed E-state index contributed by atoms with van der Waals surface area (Å²) in [5.74, 6) is 1.63. The molecule has 2 atom stereocenters. The van der Waals surface area contributed by atoms with Crippen LogP contribution in [0.3, 0.4) is 0 Å². The highest BCUT2D eigenvalue weighted by atomic mass is 16.5. The lowest BCUT2D eigenvalue weighted by Crippen LogP contribution is -2.49. The molecule has 2 aliphatic carbocycles. The first-order chi connectivity index (χ1) is 12.6. The summed E-state index contributed by atoms with van der Waals surface area (Å²) in [5.41, 5.74) is 6.84. The van der Waals surface area contributed by atoms with Gasteiger partial charge < -0.3 is 21.1 Å². The van der Waals surface area contributed by atoms with Crippen LogP contribution in [0.1, 0.15) is 42.5 Å². The van der Waals surface area contributed by atoms with Gasteiger partial charge in [0, 0.05) is 30.6 Å². The Labute approximate surface area is 154 Å². The molecule has 6 heteroatoms. The van der Waals surface area contributed by atoms with Gasteiger partial charge in [0.25, 0.3) is 5.91 Å². The Bertz CT molecular complexity index is 635. The maximum Gasteiger partial charge on any atom is 0.251 e. The van der Waals surface area contributed by atoms with Crippen molar-refractivity contribution >= 4 is 11.8 Å². The summed E-state index contributed by atoms with van der Waals surface area (Å²) in [6.45, 7) is 0.841. The van der Waals surface area contributed by atoms with Crippen molar-refractivity contribution in [2.24, 2.45) is 23.5 Å². The van der Waals surface area contributed by atoms with E-state index in [4.69, 9.17) is 10.5 Å². The number of fused-ring (bicyclic) bond motifs is 2. The van der Waals surface area contributed by atoms with E-state index in [1.54, 1.807) is 31.4 Å². The van der Waals surface area contributed by atoms with E-state index >= 15 is 0 Å². The Morgan fingerprint density at radius 3 is 2.54 bits per heavy atom. The number of nitrogens with two attached hydrogens (primary N) is 1. The lowest BCUT2D eigenvalue weighted by molar-refractivity contribution is -0.127. The van der Waals surface area contributed by atoms with Gasteiger partial charge in [0.15, 0.2) is 0 Å². The van der Waals surface area contributed by atoms with Gasteiger partial charge >= 0.3 is 0 Å². The molecule has 2 amide bonds. The standard InChI is InChI=1S/C20H29N3O3/c1-26-17-7-3-6-15(12-17)19(24)22-8-9-23-20(25)16-10-13-4-2-5-14(11-16)18(13)21/h3,6-7,12-14,16,18H,2,4-5,8-11,21H2,1H3,(H,22,24)(H,23,25). The van der Waals surface area contributed by atoms with Crippen LogP contribution in [0.15, 0.2) is 24.3 Å². The third-order valence-electron chi connectivity index (χ3n) is 5.83. The molecular weight excluding hydrogens is 330 g/mol. The number of rotatable bonds is 6. The van der Waals surface area contributed by atoms with Gasteiger partial charge in [-0.05, 0) is 55.7 Å². The first-order valence-corrected chi connectivity index (χ1v) is 9.54. The van der Waals surface area contributed by atoms with Gasteiger partial charge in [-0.2, -0.15) is 0 Å². The average molecular weight is 359 g/mol. The van der Waals surface area contributed by atoms with Crippen molar-refractivity contribution in [3.05, 3.63) is 29.8 Å². The second kappa shape index (κ2) is 8.54. The van der Waals surface area contributed by atoms with Crippen LogP contribution in [-0.2, 0) is 4.79 Å². The van der Waals surface area contributed by atoms with Gasteiger partial charge in [0.1, 0.15) is 5.75 Å². The molecule has 0 saturated heterocycles. The van der Waals surface area contributed by atoms with Crippen molar-refractivity contribution in [3.63, 3.8) is 0 Å². The van der Waals surface area contributed by atoms with E-state index in [0.717, 1.165) is 25.7 Å². The highest BCUT2D eigenvalue weighted by Gasteiger charge is 2.40. The van der Waals surface area contributed by atoms with Crippen molar-refractivity contribution in [1.82, 2.24) is 10.6 Å². The molecule has 2 saturated carbocycles. The third-order valence-corrected chi connectivity index (χ3v) is 5.83. The highest BCUT2D eigenvalue weighted by Crippen LogP contribution is 2.41. The van der Waals surface area contributed by atoms with E-state index in [1.165, 1.54) is 6.42 Å². The van der Waals surface area contributed by atoms with Crippen molar-refractivity contribution < 1.29 is 14.3 Å². The summed E-state index contributed by atoms with van der Waals surface area (Å²) < 4.78 is 5.12. The molecule has 4 N–H and O–H groups in total. The van der Waals surface area contributed by atoms with Gasteiger partial charge in [0.2, 0.25) is 5.91 Å². The molecule has 1 aromatic carbocycles. The highest BCUT2D eigenvalue weighted by molar-refractivity contribution is 5.94. The summed E-state index contributed by atoms with van der Waals surface area (Å²) in [4.78, 5) is 24.6. The van der Waals surface area contributed by atoms with Crippen molar-refractivity contribution in [2.45, 2.75) is 38.1 Å². The van der Waals surface area contributed by atoms with Crippen LogP contribution in [-0.4, -0.2) is 38.1 Å². The minimum Gasteiger partial charge on any atom is -0.497 e. The smallest absolute Gasteiger partial charge is 0.251 e. The molecule has 3 rings (SSSR count). The fourth-order valence-electron chi connectivity index (χ4n) is 4.38. The second-order valence-electron chi connectivity index (χ2n) is 7.48. The second-order valence-corrected chi connectivity index (χ2v) is 7.48. The van der Waals surface area contributed by atoms with Gasteiger partial charge in [-0.25, -0.2) is 0 Å². The van der Waals surface area contributed by atoms with Gasteiger partial charge in [0.05, 0.1) is 7.11 Å². The summed E-state index contributed by atoms with van der Waals surface area (Å²) in [6, 6.07) is 7.27. The molecular formula is C20H29N3O3. The zero-order valence-corrected chi connectivity index (χ0v) is 15.4. The predicted molar refractivity (Wildman–Crippen MR) is 99.9 cm³/mol. The molecule has 0 heterocycles. The maximum atomic E-state index is 12.5. The minimum absolute atomic E-state index is 0.0687. The van der Waals surface area contributed by atoms with Crippen LogP contribution in [0.2, 0.25) is 0 Å². The molecule has 2 unspecified atom stereocenters. The number of ether oxygens (including phenoxy) is 1. The van der Waals surface area contributed by atoms with Crippen LogP contribution >= 0.6 is 0 Å². The normalized spacial score (nSPS) is 27.5. The number of nitrogens with one attached hydrogen (secondary N) is 2. The zero-order chi connectivity index (χ0) is 18.5. The first-order valence-electron chi connectivity index (χ1n) is 9.54. The summed E-state index contributed by atoms with van der Waals surface area (Å²) >= 11 is 0. The Kier molecular flexibility index (Phi) is 6.14. The average Bonchev–Trinajstić information content (AvgIpc) is 2.64. The lowest BCUT2D eigenvalue weighted by Gasteiger charge is -2.43. The molecule has 0 aliphatic heterocycles. The van der Waals surface area contributed by atoms with Crippen LogP contribution < -0.4 is 21.1 Å². The summed E-state index contributed by atoms with van der Waals surface area (Å²) in [7, 11) is 1.57. The largest absolute Gasteiger partial charge is 0.497 e. The van der Waals surface area contributed by atoms with E-state index in [-0.39, 0.29) is 23.8 Å². The van der Waals surface area contributed by atoms with E-state index in [0.29, 0.717) is 36.2 Å². The lowest BCUT2D eigenvalue weighted by atomic mass is 9.65. The minimum atomic E-state index is -0.170. The predicted octanol–water partition coefficient (Wildman–Crippen LogP) is 1.69. The zero-order valence-electron chi connectivity index (χ0n) is 15.4. The monoisotopic (exact) mass is 359 g/mol. The maximum absolute atomic E-state index is 12.5. The third kappa shape index (κ3) is 4.36. The molecule has 0 radical (unpaired) electrons. The Morgan fingerprint density at radius 1 is 1.15 bits per heavy atom. The SMILES string of the molecule is COc1cccc(C(=O)NCCNC(=O)C2CC3CCCC(C2)C3N)c1. The van der Waals surface area contributed by atoms with Crippen molar-refractivity contribution in [3.8, 4) is 5.75 Å². The molecule has 2 fully saturated rings. The molecule has 0 spiro atoms. The van der Waals surface area contributed by atoms with E-state index in [2.05, 4.69) is 10.6 Å². The summed E-state index contributed by atoms with van der Waals surface area (Å²) in [6.07, 6.45) is 5.35. The van der Waals surface area contributed by atoms with Crippen LogP contribution in [0.4, 0.5) is 0 Å². The van der Waals surface area contributed by atoms with E-state index in [9.17, 15) is 9.59 Å². The number of hydrogen-bond acceptors (Lipinski definition) is 4. The number of carbonyl (C=O) groups is 2. The molecule has 2 bridgehead atoms. The van der Waals surface area contributed by atoms with Gasteiger partial charge in [-0.1, -0.05) is 12.5 Å².